The van der Waals surface area contributed by atoms with Crippen LogP contribution in [0, 0.1) is 0 Å². The van der Waals surface area contributed by atoms with Crippen LogP contribution in [0.5, 0.6) is 0 Å². The zero-order valence-electron chi connectivity index (χ0n) is 64.0. The first kappa shape index (κ1) is 97.5. The van der Waals surface area contributed by atoms with E-state index in [1.165, 1.54) is 109 Å². The summed E-state index contributed by atoms with van der Waals surface area (Å²) in [6, 6.07) is 0. The molecule has 0 amide bonds. The predicted molar refractivity (Wildman–Crippen MR) is 418 cm³/mol. The van der Waals surface area contributed by atoms with Gasteiger partial charge in [-0.3, -0.25) is 37.3 Å². The van der Waals surface area contributed by atoms with Gasteiger partial charge in [-0.2, -0.15) is 0 Å². The van der Waals surface area contributed by atoms with Gasteiger partial charge in [-0.25, -0.2) is 9.13 Å². The molecule has 0 aromatic heterocycles. The number of unbranched alkanes of at least 4 members (excludes halogenated alkanes) is 28. The molecule has 19 heteroatoms. The molecule has 0 aromatic rings. The van der Waals surface area contributed by atoms with Crippen molar-refractivity contribution < 1.29 is 80.2 Å². The Hall–Kier alpha value is -4.54. The second kappa shape index (κ2) is 74.7. The first-order chi connectivity index (χ1) is 49.7. The summed E-state index contributed by atoms with van der Waals surface area (Å²) in [5, 5.41) is 10.6. The lowest BCUT2D eigenvalue weighted by Crippen LogP contribution is -2.30. The average Bonchev–Trinajstić information content (AvgIpc) is 0.959. The maximum atomic E-state index is 13.1. The Kier molecular flexibility index (Phi) is 71.4. The number of carbonyl (C=O) groups is 4. The highest BCUT2D eigenvalue weighted by molar-refractivity contribution is 7.47. The third-order valence-corrected chi connectivity index (χ3v) is 18.3. The number of aliphatic hydroxyl groups is 1. The fourth-order valence-corrected chi connectivity index (χ4v) is 11.9. The molecule has 586 valence electrons. The molecule has 5 unspecified atom stereocenters. The molecular formula is C83H142O17P2. The molecular weight excluding hydrogens is 1330 g/mol. The normalized spacial score (nSPS) is 14.5. The van der Waals surface area contributed by atoms with Gasteiger partial charge in [0.1, 0.15) is 19.3 Å². The largest absolute Gasteiger partial charge is 0.472 e. The third kappa shape index (κ3) is 73.8. The fraction of sp³-hybridized carbons (Fsp3) is 0.711. The molecule has 102 heavy (non-hydrogen) atoms. The van der Waals surface area contributed by atoms with E-state index in [9.17, 15) is 43.2 Å². The van der Waals surface area contributed by atoms with Gasteiger partial charge in [-0.05, 0) is 135 Å². The van der Waals surface area contributed by atoms with E-state index in [4.69, 9.17) is 37.0 Å². The molecule has 0 spiro atoms. The van der Waals surface area contributed by atoms with E-state index < -0.39 is 97.5 Å². The number of hydrogen-bond acceptors (Lipinski definition) is 15. The first-order valence-corrected chi connectivity index (χ1v) is 42.8. The molecule has 0 saturated heterocycles. The number of rotatable bonds is 74. The quantitative estimate of drug-likeness (QED) is 0.0169. The van der Waals surface area contributed by atoms with E-state index >= 15 is 0 Å². The van der Waals surface area contributed by atoms with Crippen molar-refractivity contribution in [2.24, 2.45) is 0 Å². The van der Waals surface area contributed by atoms with Crippen molar-refractivity contribution in [1.29, 1.82) is 0 Å². The van der Waals surface area contributed by atoms with Gasteiger partial charge in [0.25, 0.3) is 0 Å². The van der Waals surface area contributed by atoms with Crippen molar-refractivity contribution in [3.63, 3.8) is 0 Å². The minimum Gasteiger partial charge on any atom is -0.462 e. The minimum atomic E-state index is -5.00. The molecule has 0 aliphatic rings. The maximum absolute atomic E-state index is 13.1. The molecule has 0 aromatic carbocycles. The average molecular weight is 1470 g/mol. The molecule has 0 saturated carbocycles. The van der Waals surface area contributed by atoms with Gasteiger partial charge in [-0.1, -0.05) is 284 Å². The predicted octanol–water partition coefficient (Wildman–Crippen LogP) is 23.1. The highest BCUT2D eigenvalue weighted by Gasteiger charge is 2.30. The highest BCUT2D eigenvalue weighted by atomic mass is 31.2. The number of phosphoric acid groups is 2. The molecule has 0 aliphatic heterocycles. The number of aliphatic hydroxyl groups excluding tert-OH is 1. The van der Waals surface area contributed by atoms with Crippen molar-refractivity contribution in [3.8, 4) is 0 Å². The van der Waals surface area contributed by atoms with E-state index in [0.29, 0.717) is 38.5 Å². The van der Waals surface area contributed by atoms with Gasteiger partial charge >= 0.3 is 39.5 Å². The Morgan fingerprint density at radius 1 is 0.275 bits per heavy atom. The first-order valence-electron chi connectivity index (χ1n) is 39.8. The Bertz CT molecular complexity index is 2410. The number of carbonyl (C=O) groups excluding carboxylic acids is 4. The minimum absolute atomic E-state index is 0.00540. The van der Waals surface area contributed by atoms with E-state index in [-0.39, 0.29) is 25.7 Å². The molecule has 0 bridgehead atoms. The molecule has 0 radical (unpaired) electrons. The molecule has 17 nitrogen and oxygen atoms in total. The molecule has 0 rings (SSSR count). The lowest BCUT2D eigenvalue weighted by Gasteiger charge is -2.21. The Balaban J connectivity index is 5.46. The fourth-order valence-electron chi connectivity index (χ4n) is 10.3. The van der Waals surface area contributed by atoms with Crippen molar-refractivity contribution in [3.05, 3.63) is 122 Å². The van der Waals surface area contributed by atoms with E-state index in [0.717, 1.165) is 122 Å². The van der Waals surface area contributed by atoms with Crippen molar-refractivity contribution in [1.82, 2.24) is 0 Å². The smallest absolute Gasteiger partial charge is 0.462 e. The van der Waals surface area contributed by atoms with Crippen molar-refractivity contribution in [2.75, 3.05) is 39.6 Å². The summed E-state index contributed by atoms with van der Waals surface area (Å²) in [4.78, 5) is 72.9. The number of hydrogen-bond donors (Lipinski definition) is 3. The summed E-state index contributed by atoms with van der Waals surface area (Å²) in [6.07, 6.45) is 81.9. The van der Waals surface area contributed by atoms with Crippen LogP contribution in [0.15, 0.2) is 122 Å². The topological polar surface area (TPSA) is 237 Å². The zero-order chi connectivity index (χ0) is 74.6. The highest BCUT2D eigenvalue weighted by Crippen LogP contribution is 2.45. The summed E-state index contributed by atoms with van der Waals surface area (Å²) in [6.45, 7) is 4.67. The van der Waals surface area contributed by atoms with Gasteiger partial charge in [0, 0.05) is 25.7 Å². The second-order valence-electron chi connectivity index (χ2n) is 26.3. The Labute approximate surface area is 619 Å². The summed E-state index contributed by atoms with van der Waals surface area (Å²) in [5.41, 5.74) is 0. The van der Waals surface area contributed by atoms with Crippen LogP contribution < -0.4 is 0 Å². The van der Waals surface area contributed by atoms with E-state index in [2.05, 4.69) is 125 Å². The van der Waals surface area contributed by atoms with Crippen LogP contribution in [-0.4, -0.2) is 96.7 Å². The van der Waals surface area contributed by atoms with Crippen molar-refractivity contribution in [2.45, 2.75) is 341 Å². The van der Waals surface area contributed by atoms with Crippen LogP contribution >= 0.6 is 15.6 Å². The molecule has 0 fully saturated rings. The van der Waals surface area contributed by atoms with Gasteiger partial charge in [0.05, 0.1) is 26.4 Å². The van der Waals surface area contributed by atoms with Crippen LogP contribution in [-0.2, 0) is 65.4 Å². The molecule has 3 N–H and O–H groups in total. The van der Waals surface area contributed by atoms with Gasteiger partial charge in [0.2, 0.25) is 0 Å². The standard InChI is InChI=1S/C83H142O17P2/c1-5-9-13-17-21-25-29-33-36-38-41-45-48-52-56-60-64-68-81(86)94-74-79(100-83(88)70-66-62-58-54-50-46-42-39-37-34-30-26-22-18-14-10-6-2)76-98-102(91,92)96-72-77(84)71-95-101(89,90)97-75-78(99-82(87)69-65-61-57-53-49-43-32-28-24-20-16-12-8-4)73-93-80(85)67-63-59-55-51-47-44-40-35-31-27-23-19-15-11-7-3/h21-23,25-27,33-37,40-42,45-46,52,54,56,58,77-79,84H,5-20,24,28-32,38-39,43-44,47-51,53,55,57,59-76H2,1-4H3,(H,89,90)(H,91,92). The molecule has 5 atom stereocenters. The monoisotopic (exact) mass is 1470 g/mol. The van der Waals surface area contributed by atoms with Crippen LogP contribution in [0.2, 0.25) is 0 Å². The summed E-state index contributed by atoms with van der Waals surface area (Å²) >= 11 is 0. The van der Waals surface area contributed by atoms with Gasteiger partial charge < -0.3 is 33.8 Å². The van der Waals surface area contributed by atoms with Crippen LogP contribution in [0.3, 0.4) is 0 Å². The maximum Gasteiger partial charge on any atom is 0.472 e. The zero-order valence-corrected chi connectivity index (χ0v) is 65.8. The third-order valence-electron chi connectivity index (χ3n) is 16.4. The number of esters is 4. The van der Waals surface area contributed by atoms with Gasteiger partial charge in [-0.15, -0.1) is 0 Å². The molecule has 0 aliphatic carbocycles. The lowest BCUT2D eigenvalue weighted by atomic mass is 10.0. The summed E-state index contributed by atoms with van der Waals surface area (Å²) in [5.74, 6) is -2.31. The van der Waals surface area contributed by atoms with Crippen LogP contribution in [0.1, 0.15) is 323 Å². The number of allylic oxidation sites excluding steroid dienone is 20. The molecule has 0 heterocycles. The van der Waals surface area contributed by atoms with E-state index in [1.54, 1.807) is 0 Å². The number of phosphoric ester groups is 2. The number of ether oxygens (including phenoxy) is 4. The lowest BCUT2D eigenvalue weighted by molar-refractivity contribution is -0.161. The SMILES string of the molecule is CCCCCC=CCC=CCC=CCC=CCCCC(=O)OCC(COP(=O)(O)OCC(O)COP(=O)(O)OCC(COC(=O)CCCCCCCC=CCC=CCCCCC)OC(=O)CCCCCCCCCCCCCCC)OC(=O)CCCC=CCC=CCC=CCC=CCCCCC. The van der Waals surface area contributed by atoms with Crippen LogP contribution in [0.4, 0.5) is 0 Å². The van der Waals surface area contributed by atoms with Crippen molar-refractivity contribution >= 4 is 39.5 Å². The van der Waals surface area contributed by atoms with Gasteiger partial charge in [0.15, 0.2) is 12.2 Å². The Morgan fingerprint density at radius 3 is 0.804 bits per heavy atom. The van der Waals surface area contributed by atoms with Crippen LogP contribution in [0.25, 0.3) is 0 Å². The summed E-state index contributed by atoms with van der Waals surface area (Å²) in [7, 11) is -9.99. The second-order valence-corrected chi connectivity index (χ2v) is 29.2. The Morgan fingerprint density at radius 2 is 0.490 bits per heavy atom. The summed E-state index contributed by atoms with van der Waals surface area (Å²) < 4.78 is 68.4. The van der Waals surface area contributed by atoms with E-state index in [1.807, 2.05) is 24.3 Å².